The third-order valence-electron chi connectivity index (χ3n) is 9.44. The van der Waals surface area contributed by atoms with E-state index in [0.29, 0.717) is 30.2 Å². The number of hydrogen-bond donors (Lipinski definition) is 2. The smallest absolute Gasteiger partial charge is 0.274 e. The van der Waals surface area contributed by atoms with Gasteiger partial charge >= 0.3 is 0 Å². The molecule has 3 aromatic rings. The highest BCUT2D eigenvalue weighted by atomic mass is 19.1. The average Bonchev–Trinajstić information content (AvgIpc) is 3.05. The Morgan fingerprint density at radius 2 is 1.60 bits per heavy atom. The number of nitrogens with zero attached hydrogens (tertiary/aromatic N) is 4. The third kappa shape index (κ3) is 7.67. The van der Waals surface area contributed by atoms with Gasteiger partial charge in [0.1, 0.15) is 29.6 Å². The fourth-order valence-corrected chi connectivity index (χ4v) is 6.87. The van der Waals surface area contributed by atoms with Gasteiger partial charge in [0.25, 0.3) is 5.91 Å². The van der Waals surface area contributed by atoms with Crippen molar-refractivity contribution >= 4 is 23.2 Å². The molecule has 0 aliphatic carbocycles. The van der Waals surface area contributed by atoms with Gasteiger partial charge in [-0.3, -0.25) is 19.4 Å². The quantitative estimate of drug-likeness (QED) is 0.373. The number of aromatic nitrogens is 1. The van der Waals surface area contributed by atoms with E-state index in [1.54, 1.807) is 23.1 Å². The summed E-state index contributed by atoms with van der Waals surface area (Å²) in [6.45, 7) is 12.6. The first-order chi connectivity index (χ1) is 23.0. The molecule has 3 aliphatic heterocycles. The van der Waals surface area contributed by atoms with Gasteiger partial charge in [0, 0.05) is 49.5 Å². The van der Waals surface area contributed by atoms with Gasteiger partial charge in [-0.1, -0.05) is 12.1 Å². The number of benzene rings is 2. The summed E-state index contributed by atoms with van der Waals surface area (Å²) in [6.07, 6.45) is 0.260. The molecule has 0 spiro atoms. The van der Waals surface area contributed by atoms with Crippen LogP contribution < -0.4 is 20.3 Å². The van der Waals surface area contributed by atoms with Gasteiger partial charge in [-0.15, -0.1) is 0 Å². The van der Waals surface area contributed by atoms with Crippen LogP contribution in [0.1, 0.15) is 49.3 Å². The minimum atomic E-state index is -0.508. The average molecular weight is 663 g/mol. The molecule has 4 heterocycles. The van der Waals surface area contributed by atoms with Crippen LogP contribution in [-0.4, -0.2) is 103 Å². The molecule has 256 valence electrons. The lowest BCUT2D eigenvalue weighted by atomic mass is 10.0. The molecular formula is C36H44F2N6O4. The van der Waals surface area contributed by atoms with Crippen LogP contribution in [0, 0.1) is 11.6 Å². The zero-order chi connectivity index (χ0) is 33.9. The Morgan fingerprint density at radius 3 is 2.29 bits per heavy atom. The highest BCUT2D eigenvalue weighted by Gasteiger charge is 2.37. The molecule has 2 N–H and O–H groups in total. The Labute approximate surface area is 280 Å². The van der Waals surface area contributed by atoms with Gasteiger partial charge in [0.2, 0.25) is 11.8 Å². The molecule has 1 aromatic heterocycles. The summed E-state index contributed by atoms with van der Waals surface area (Å²) >= 11 is 0. The molecule has 5 atom stereocenters. The predicted octanol–water partition coefficient (Wildman–Crippen LogP) is 4.09. The number of ether oxygens (including phenoxy) is 2. The SMILES string of the molecule is C[C@@H]1CN(CC(=O)N2c3cc(Cc4ccc(F)cc4)c(C(=O)Nc4ccc(F)cc4)nc3OC[C@@H]2C)[C@@H](CN2[C@H](C)COC[C@H]2C)CN1. The Kier molecular flexibility index (Phi) is 10.4. The Balaban J connectivity index is 1.29. The highest BCUT2D eigenvalue weighted by Crippen LogP contribution is 2.36. The molecule has 2 amide bonds. The van der Waals surface area contributed by atoms with Crippen molar-refractivity contribution in [2.24, 2.45) is 0 Å². The number of rotatable bonds is 8. The number of amides is 2. The molecular weight excluding hydrogens is 618 g/mol. The van der Waals surface area contributed by atoms with Crippen LogP contribution in [0.3, 0.4) is 0 Å². The third-order valence-corrected chi connectivity index (χ3v) is 9.44. The largest absolute Gasteiger partial charge is 0.474 e. The molecule has 0 saturated carbocycles. The summed E-state index contributed by atoms with van der Waals surface area (Å²) in [5.41, 5.74) is 2.30. The van der Waals surface area contributed by atoms with Crippen LogP contribution in [0.15, 0.2) is 54.6 Å². The highest BCUT2D eigenvalue weighted by molar-refractivity contribution is 6.05. The van der Waals surface area contributed by atoms with E-state index in [1.807, 2.05) is 6.92 Å². The molecule has 3 aliphatic rings. The summed E-state index contributed by atoms with van der Waals surface area (Å²) in [4.78, 5) is 39.0. The van der Waals surface area contributed by atoms with E-state index in [1.165, 1.54) is 36.4 Å². The van der Waals surface area contributed by atoms with Gasteiger partial charge in [-0.2, -0.15) is 0 Å². The van der Waals surface area contributed by atoms with Crippen LogP contribution in [0.2, 0.25) is 0 Å². The molecule has 2 saturated heterocycles. The summed E-state index contributed by atoms with van der Waals surface area (Å²) in [6, 6.07) is 13.9. The summed E-state index contributed by atoms with van der Waals surface area (Å²) in [5.74, 6) is -1.18. The maximum atomic E-state index is 14.3. The number of nitrogens with one attached hydrogen (secondary N) is 2. The second-order valence-corrected chi connectivity index (χ2v) is 13.3. The van der Waals surface area contributed by atoms with E-state index in [9.17, 15) is 18.4 Å². The fraction of sp³-hybridized carbons (Fsp3) is 0.472. The number of carbonyl (C=O) groups is 2. The van der Waals surface area contributed by atoms with Crippen LogP contribution in [0.4, 0.5) is 20.2 Å². The zero-order valence-corrected chi connectivity index (χ0v) is 27.9. The van der Waals surface area contributed by atoms with Crippen LogP contribution >= 0.6 is 0 Å². The molecule has 0 unspecified atom stereocenters. The Hall–Kier alpha value is -3.97. The van der Waals surface area contributed by atoms with Crippen molar-refractivity contribution in [2.45, 2.75) is 64.3 Å². The number of anilines is 2. The number of hydrogen-bond acceptors (Lipinski definition) is 8. The predicted molar refractivity (Wildman–Crippen MR) is 180 cm³/mol. The van der Waals surface area contributed by atoms with E-state index in [4.69, 9.17) is 9.47 Å². The summed E-state index contributed by atoms with van der Waals surface area (Å²) in [5, 5.41) is 6.38. The zero-order valence-electron chi connectivity index (χ0n) is 27.9. The summed E-state index contributed by atoms with van der Waals surface area (Å²) in [7, 11) is 0. The van der Waals surface area contributed by atoms with E-state index in [-0.39, 0.29) is 73.1 Å². The maximum Gasteiger partial charge on any atom is 0.274 e. The van der Waals surface area contributed by atoms with Crippen molar-refractivity contribution in [3.05, 3.63) is 83.1 Å². The van der Waals surface area contributed by atoms with E-state index in [2.05, 4.69) is 46.2 Å². The standard InChI is InChI=1S/C36H44F2N6O4/c1-22-16-42(31(15-39-22)17-43-23(2)19-47-20-24(43)3)18-33(45)44-25(4)21-48-36-32(44)14-27(13-26-5-7-28(37)8-6-26)34(41-36)35(46)40-30-11-9-29(38)10-12-30/h5-12,14,22-25,31,39H,13,15-21H2,1-4H3,(H,40,46)/t22-,23-,24-,25+,31-/m1/s1. The number of carbonyl (C=O) groups excluding carboxylic acids is 2. The summed E-state index contributed by atoms with van der Waals surface area (Å²) < 4.78 is 39.0. The molecule has 2 fully saturated rings. The van der Waals surface area contributed by atoms with Crippen LogP contribution in [-0.2, 0) is 16.0 Å². The fourth-order valence-electron chi connectivity index (χ4n) is 6.87. The lowest BCUT2D eigenvalue weighted by Gasteiger charge is -2.46. The first-order valence-electron chi connectivity index (χ1n) is 16.7. The number of fused-ring (bicyclic) bond motifs is 1. The van der Waals surface area contributed by atoms with Crippen LogP contribution in [0.5, 0.6) is 5.88 Å². The minimum Gasteiger partial charge on any atom is -0.474 e. The van der Waals surface area contributed by atoms with E-state index < -0.39 is 11.7 Å². The molecule has 48 heavy (non-hydrogen) atoms. The van der Waals surface area contributed by atoms with Crippen molar-refractivity contribution in [3.63, 3.8) is 0 Å². The van der Waals surface area contributed by atoms with Crippen molar-refractivity contribution in [1.29, 1.82) is 0 Å². The van der Waals surface area contributed by atoms with E-state index in [0.717, 1.165) is 25.2 Å². The minimum absolute atomic E-state index is 0.0766. The molecule has 6 rings (SSSR count). The lowest BCUT2D eigenvalue weighted by molar-refractivity contribution is -0.122. The number of piperazine rings is 1. The van der Waals surface area contributed by atoms with Crippen molar-refractivity contribution in [2.75, 3.05) is 56.2 Å². The molecule has 2 aromatic carbocycles. The Morgan fingerprint density at radius 1 is 0.938 bits per heavy atom. The molecule has 12 heteroatoms. The first kappa shape index (κ1) is 33.9. The van der Waals surface area contributed by atoms with Gasteiger partial charge in [0.15, 0.2) is 0 Å². The number of morpholine rings is 1. The van der Waals surface area contributed by atoms with Crippen molar-refractivity contribution in [1.82, 2.24) is 20.1 Å². The normalized spacial score (nSPS) is 24.9. The molecule has 10 nitrogen and oxygen atoms in total. The van der Waals surface area contributed by atoms with Crippen LogP contribution in [0.25, 0.3) is 0 Å². The Bertz CT molecular complexity index is 1600. The van der Waals surface area contributed by atoms with Crippen molar-refractivity contribution < 1.29 is 27.8 Å². The second-order valence-electron chi connectivity index (χ2n) is 13.3. The first-order valence-corrected chi connectivity index (χ1v) is 16.7. The van der Waals surface area contributed by atoms with Gasteiger partial charge < -0.3 is 25.0 Å². The number of halogens is 2. The van der Waals surface area contributed by atoms with Gasteiger partial charge in [-0.25, -0.2) is 13.8 Å². The van der Waals surface area contributed by atoms with Gasteiger partial charge in [0.05, 0.1) is 25.8 Å². The lowest BCUT2D eigenvalue weighted by Crippen LogP contribution is -2.63. The molecule has 0 radical (unpaired) electrons. The second kappa shape index (κ2) is 14.7. The topological polar surface area (TPSA) is 99.3 Å². The van der Waals surface area contributed by atoms with E-state index >= 15 is 0 Å². The molecule has 0 bridgehead atoms. The van der Waals surface area contributed by atoms with Gasteiger partial charge in [-0.05, 0) is 87.7 Å². The van der Waals surface area contributed by atoms with Crippen molar-refractivity contribution in [3.8, 4) is 5.88 Å². The number of pyridine rings is 1. The monoisotopic (exact) mass is 662 g/mol. The maximum absolute atomic E-state index is 14.3.